The predicted octanol–water partition coefficient (Wildman–Crippen LogP) is 2.16. The maximum Gasteiger partial charge on any atom is 0.223 e. The van der Waals surface area contributed by atoms with E-state index in [4.69, 9.17) is 4.74 Å². The van der Waals surface area contributed by atoms with E-state index in [1.807, 2.05) is 42.9 Å². The van der Waals surface area contributed by atoms with E-state index in [1.165, 1.54) is 11.1 Å². The third-order valence-corrected chi connectivity index (χ3v) is 3.67. The van der Waals surface area contributed by atoms with Gasteiger partial charge < -0.3 is 14.6 Å². The summed E-state index contributed by atoms with van der Waals surface area (Å²) in [7, 11) is 1.95. The summed E-state index contributed by atoms with van der Waals surface area (Å²) in [5.41, 5.74) is 2.43. The highest BCUT2D eigenvalue weighted by Gasteiger charge is 2.04. The van der Waals surface area contributed by atoms with Gasteiger partial charge in [-0.2, -0.15) is 0 Å². The van der Waals surface area contributed by atoms with Gasteiger partial charge in [0.25, 0.3) is 0 Å². The van der Waals surface area contributed by atoms with Gasteiger partial charge in [0.15, 0.2) is 0 Å². The smallest absolute Gasteiger partial charge is 0.223 e. The Morgan fingerprint density at radius 1 is 1.32 bits per heavy atom. The number of aromatic nitrogens is 2. The summed E-state index contributed by atoms with van der Waals surface area (Å²) in [6.45, 7) is 5.09. The molecule has 0 atom stereocenters. The average molecular weight is 301 g/mol. The Morgan fingerprint density at radius 2 is 2.14 bits per heavy atom. The van der Waals surface area contributed by atoms with E-state index in [1.54, 1.807) is 6.20 Å². The van der Waals surface area contributed by atoms with Gasteiger partial charge in [-0.05, 0) is 37.1 Å². The Bertz CT molecular complexity index is 635. The van der Waals surface area contributed by atoms with Crippen LogP contribution in [0.15, 0.2) is 30.6 Å². The van der Waals surface area contributed by atoms with Crippen LogP contribution in [0.5, 0.6) is 5.75 Å². The number of rotatable bonds is 7. The number of hydrogen-bond acceptors (Lipinski definition) is 3. The fraction of sp³-hybridized carbons (Fsp3) is 0.412. The second-order valence-electron chi connectivity index (χ2n) is 5.40. The molecule has 1 aromatic carbocycles. The Labute approximate surface area is 131 Å². The minimum Gasteiger partial charge on any atom is -0.493 e. The summed E-state index contributed by atoms with van der Waals surface area (Å²) in [5.74, 6) is 1.77. The first-order valence-electron chi connectivity index (χ1n) is 7.49. The van der Waals surface area contributed by atoms with Crippen LogP contribution in [0, 0.1) is 13.8 Å². The zero-order valence-electron chi connectivity index (χ0n) is 13.4. The molecule has 1 N–H and O–H groups in total. The molecule has 0 saturated heterocycles. The van der Waals surface area contributed by atoms with Crippen molar-refractivity contribution in [3.63, 3.8) is 0 Å². The maximum absolute atomic E-state index is 11.7. The van der Waals surface area contributed by atoms with Crippen LogP contribution in [-0.4, -0.2) is 28.6 Å². The van der Waals surface area contributed by atoms with Crippen molar-refractivity contribution in [2.24, 2.45) is 7.05 Å². The summed E-state index contributed by atoms with van der Waals surface area (Å²) in [5, 5.41) is 2.88. The standard InChI is InChI=1S/C17H23N3O2/c1-13-4-5-15(12-14(13)2)22-11-7-17(21)19-8-6-16-18-9-10-20(16)3/h4-5,9-10,12H,6-8,11H2,1-3H3,(H,19,21). The molecule has 2 rings (SSSR count). The highest BCUT2D eigenvalue weighted by molar-refractivity contribution is 5.75. The van der Waals surface area contributed by atoms with Gasteiger partial charge in [-0.3, -0.25) is 4.79 Å². The van der Waals surface area contributed by atoms with Crippen molar-refractivity contribution in [2.45, 2.75) is 26.7 Å². The summed E-state index contributed by atoms with van der Waals surface area (Å²) in [6, 6.07) is 5.95. The number of carbonyl (C=O) groups excluding carboxylic acids is 1. The number of imidazole rings is 1. The molecule has 0 aliphatic heterocycles. The largest absolute Gasteiger partial charge is 0.493 e. The normalized spacial score (nSPS) is 10.5. The molecule has 5 nitrogen and oxygen atoms in total. The molecule has 2 aromatic rings. The average Bonchev–Trinajstić information content (AvgIpc) is 2.88. The van der Waals surface area contributed by atoms with Crippen LogP contribution < -0.4 is 10.1 Å². The Morgan fingerprint density at radius 3 is 2.82 bits per heavy atom. The Kier molecular flexibility index (Phi) is 5.58. The van der Waals surface area contributed by atoms with Gasteiger partial charge in [-0.1, -0.05) is 6.07 Å². The Balaban J connectivity index is 1.65. The first kappa shape index (κ1) is 16.1. The third kappa shape index (κ3) is 4.62. The highest BCUT2D eigenvalue weighted by atomic mass is 16.5. The molecule has 0 bridgehead atoms. The summed E-state index contributed by atoms with van der Waals surface area (Å²) >= 11 is 0. The summed E-state index contributed by atoms with van der Waals surface area (Å²) < 4.78 is 7.56. The van der Waals surface area contributed by atoms with Gasteiger partial charge in [0.05, 0.1) is 13.0 Å². The van der Waals surface area contributed by atoms with E-state index >= 15 is 0 Å². The molecule has 0 saturated carbocycles. The van der Waals surface area contributed by atoms with E-state index in [0.29, 0.717) is 19.6 Å². The van der Waals surface area contributed by atoms with Crippen molar-refractivity contribution in [3.8, 4) is 5.75 Å². The van der Waals surface area contributed by atoms with E-state index in [-0.39, 0.29) is 5.91 Å². The zero-order chi connectivity index (χ0) is 15.9. The molecule has 0 fully saturated rings. The molecule has 118 valence electrons. The van der Waals surface area contributed by atoms with Crippen LogP contribution in [-0.2, 0) is 18.3 Å². The lowest BCUT2D eigenvalue weighted by Crippen LogP contribution is -2.27. The molecule has 22 heavy (non-hydrogen) atoms. The van der Waals surface area contributed by atoms with Crippen molar-refractivity contribution >= 4 is 5.91 Å². The first-order chi connectivity index (χ1) is 10.6. The molecule has 1 amide bonds. The monoisotopic (exact) mass is 301 g/mol. The van der Waals surface area contributed by atoms with Crippen molar-refractivity contribution in [3.05, 3.63) is 47.5 Å². The second kappa shape index (κ2) is 7.64. The van der Waals surface area contributed by atoms with Gasteiger partial charge in [0, 0.05) is 32.4 Å². The van der Waals surface area contributed by atoms with Gasteiger partial charge in [-0.25, -0.2) is 4.98 Å². The minimum absolute atomic E-state index is 0.00181. The van der Waals surface area contributed by atoms with Crippen LogP contribution in [0.4, 0.5) is 0 Å². The Hall–Kier alpha value is -2.30. The molecule has 0 aliphatic rings. The van der Waals surface area contributed by atoms with Gasteiger partial charge in [0.1, 0.15) is 11.6 Å². The predicted molar refractivity (Wildman–Crippen MR) is 85.9 cm³/mol. The number of amides is 1. The zero-order valence-corrected chi connectivity index (χ0v) is 13.4. The van der Waals surface area contributed by atoms with Crippen molar-refractivity contribution in [1.82, 2.24) is 14.9 Å². The summed E-state index contributed by atoms with van der Waals surface area (Å²) in [6.07, 6.45) is 4.74. The molecule has 5 heteroatoms. The molecule has 1 aromatic heterocycles. The molecular weight excluding hydrogens is 278 g/mol. The van der Waals surface area contributed by atoms with Gasteiger partial charge >= 0.3 is 0 Å². The number of aryl methyl sites for hydroxylation is 3. The summed E-state index contributed by atoms with van der Waals surface area (Å²) in [4.78, 5) is 16.0. The van der Waals surface area contributed by atoms with Crippen LogP contribution in [0.1, 0.15) is 23.4 Å². The van der Waals surface area contributed by atoms with Crippen LogP contribution in [0.25, 0.3) is 0 Å². The fourth-order valence-electron chi connectivity index (χ4n) is 2.10. The van der Waals surface area contributed by atoms with Crippen molar-refractivity contribution < 1.29 is 9.53 Å². The number of benzene rings is 1. The van der Waals surface area contributed by atoms with Crippen molar-refractivity contribution in [2.75, 3.05) is 13.2 Å². The van der Waals surface area contributed by atoms with E-state index < -0.39 is 0 Å². The first-order valence-corrected chi connectivity index (χ1v) is 7.49. The van der Waals surface area contributed by atoms with Crippen molar-refractivity contribution in [1.29, 1.82) is 0 Å². The topological polar surface area (TPSA) is 56.1 Å². The molecule has 0 aliphatic carbocycles. The van der Waals surface area contributed by atoms with Crippen LogP contribution in [0.2, 0.25) is 0 Å². The molecule has 1 heterocycles. The van der Waals surface area contributed by atoms with Gasteiger partial charge in [-0.15, -0.1) is 0 Å². The number of nitrogens with one attached hydrogen (secondary N) is 1. The number of hydrogen-bond donors (Lipinski definition) is 1. The highest BCUT2D eigenvalue weighted by Crippen LogP contribution is 2.16. The van der Waals surface area contributed by atoms with E-state index in [9.17, 15) is 4.79 Å². The number of carbonyl (C=O) groups is 1. The lowest BCUT2D eigenvalue weighted by Gasteiger charge is -2.09. The lowest BCUT2D eigenvalue weighted by molar-refractivity contribution is -0.121. The number of nitrogens with zero attached hydrogens (tertiary/aromatic N) is 2. The van der Waals surface area contributed by atoms with Gasteiger partial charge in [0.2, 0.25) is 5.91 Å². The second-order valence-corrected chi connectivity index (χ2v) is 5.40. The number of ether oxygens (including phenoxy) is 1. The lowest BCUT2D eigenvalue weighted by atomic mass is 10.1. The minimum atomic E-state index is -0.00181. The molecule has 0 unspecified atom stereocenters. The van der Waals surface area contributed by atoms with Crippen LogP contribution in [0.3, 0.4) is 0 Å². The van der Waals surface area contributed by atoms with E-state index in [2.05, 4.69) is 17.2 Å². The fourth-order valence-corrected chi connectivity index (χ4v) is 2.10. The maximum atomic E-state index is 11.7. The van der Waals surface area contributed by atoms with E-state index in [0.717, 1.165) is 18.0 Å². The SMILES string of the molecule is Cc1ccc(OCCC(=O)NCCc2nccn2C)cc1C. The molecule has 0 spiro atoms. The van der Waals surface area contributed by atoms with Crippen LogP contribution >= 0.6 is 0 Å². The quantitative estimate of drug-likeness (QED) is 0.852. The third-order valence-electron chi connectivity index (χ3n) is 3.67. The molecule has 0 radical (unpaired) electrons. The molecular formula is C17H23N3O2.